The van der Waals surface area contributed by atoms with Crippen LogP contribution in [-0.2, 0) is 12.0 Å². The fourth-order valence-electron chi connectivity index (χ4n) is 3.92. The number of rotatable bonds is 6. The number of hydrogen-bond acceptors (Lipinski definition) is 3. The molecule has 0 saturated heterocycles. The van der Waals surface area contributed by atoms with Crippen LogP contribution in [0.15, 0.2) is 67.5 Å². The van der Waals surface area contributed by atoms with Crippen LogP contribution in [0.5, 0.6) is 0 Å². The maximum absolute atomic E-state index is 6.50. The van der Waals surface area contributed by atoms with E-state index in [2.05, 4.69) is 65.5 Å². The molecule has 1 fully saturated rings. The molecule has 4 heteroatoms. The summed E-state index contributed by atoms with van der Waals surface area (Å²) in [6.07, 6.45) is 16.2. The van der Waals surface area contributed by atoms with Crippen molar-refractivity contribution in [2.75, 3.05) is 0 Å². The third-order valence-corrected chi connectivity index (χ3v) is 5.92. The van der Waals surface area contributed by atoms with Gasteiger partial charge in [-0.3, -0.25) is 4.40 Å². The predicted octanol–water partition coefficient (Wildman–Crippen LogP) is 5.44. The van der Waals surface area contributed by atoms with Gasteiger partial charge in [0.2, 0.25) is 5.78 Å². The Balaban J connectivity index is 1.88. The van der Waals surface area contributed by atoms with E-state index in [-0.39, 0.29) is 5.54 Å². The highest BCUT2D eigenvalue weighted by Crippen LogP contribution is 2.39. The number of fused-ring (bicyclic) bond motifs is 1. The topological polar surface area (TPSA) is 56.2 Å². The highest BCUT2D eigenvalue weighted by atomic mass is 15.1. The standard InChI is InChI=1S/C25H28N4/c1-4-7-9-19(6-3)23-22(28-24-27-16-18(5-2)17-29(23)24)20-10-12-21(13-11-20)25(26)14-8-15-25/h4,6-7,9-13,16-17H,1,5,8,14-15,26H2,2-3H3/b9-7-,19-6+. The monoisotopic (exact) mass is 384 g/mol. The van der Waals surface area contributed by atoms with Gasteiger partial charge in [-0.2, -0.15) is 0 Å². The summed E-state index contributed by atoms with van der Waals surface area (Å²) in [5.41, 5.74) is 12.9. The van der Waals surface area contributed by atoms with Crippen molar-refractivity contribution in [1.82, 2.24) is 14.4 Å². The van der Waals surface area contributed by atoms with Crippen molar-refractivity contribution in [2.24, 2.45) is 5.73 Å². The molecule has 29 heavy (non-hydrogen) atoms. The first-order chi connectivity index (χ1) is 14.1. The molecule has 0 bridgehead atoms. The van der Waals surface area contributed by atoms with E-state index in [1.807, 2.05) is 19.2 Å². The second-order valence-corrected chi connectivity index (χ2v) is 7.72. The Morgan fingerprint density at radius 2 is 2.03 bits per heavy atom. The second-order valence-electron chi connectivity index (χ2n) is 7.72. The van der Waals surface area contributed by atoms with Crippen LogP contribution in [0.3, 0.4) is 0 Å². The molecule has 0 aliphatic heterocycles. The van der Waals surface area contributed by atoms with Crippen LogP contribution in [-0.4, -0.2) is 14.4 Å². The second kappa shape index (κ2) is 7.80. The van der Waals surface area contributed by atoms with Crippen molar-refractivity contribution in [3.63, 3.8) is 0 Å². The number of aromatic nitrogens is 3. The maximum atomic E-state index is 6.50. The minimum absolute atomic E-state index is 0.154. The van der Waals surface area contributed by atoms with Gasteiger partial charge >= 0.3 is 0 Å². The molecule has 1 aliphatic rings. The quantitative estimate of drug-likeness (QED) is 0.576. The summed E-state index contributed by atoms with van der Waals surface area (Å²) in [4.78, 5) is 9.48. The first kappa shape index (κ1) is 19.3. The lowest BCUT2D eigenvalue weighted by molar-refractivity contribution is 0.253. The van der Waals surface area contributed by atoms with E-state index in [1.54, 1.807) is 6.08 Å². The molecular formula is C25H28N4. The van der Waals surface area contributed by atoms with Gasteiger partial charge in [0.05, 0.1) is 11.4 Å². The lowest BCUT2D eigenvalue weighted by Gasteiger charge is -2.38. The molecule has 0 amide bonds. The molecule has 148 valence electrons. The number of hydrogen-bond donors (Lipinski definition) is 1. The van der Waals surface area contributed by atoms with E-state index in [1.165, 1.54) is 17.5 Å². The first-order valence-corrected chi connectivity index (χ1v) is 10.3. The zero-order valence-electron chi connectivity index (χ0n) is 17.2. The molecule has 4 nitrogen and oxygen atoms in total. The highest BCUT2D eigenvalue weighted by Gasteiger charge is 2.34. The average molecular weight is 385 g/mol. The molecule has 1 saturated carbocycles. The molecule has 3 aromatic rings. The van der Waals surface area contributed by atoms with Crippen molar-refractivity contribution in [3.05, 3.63) is 84.4 Å². The minimum atomic E-state index is -0.154. The van der Waals surface area contributed by atoms with Crippen LogP contribution in [0.2, 0.25) is 0 Å². The molecular weight excluding hydrogens is 356 g/mol. The third kappa shape index (κ3) is 3.45. The molecule has 0 atom stereocenters. The Kier molecular flexibility index (Phi) is 5.20. The number of allylic oxidation sites excluding steroid dienone is 5. The van der Waals surface area contributed by atoms with Crippen LogP contribution in [0.4, 0.5) is 0 Å². The summed E-state index contributed by atoms with van der Waals surface area (Å²) in [6, 6.07) is 8.59. The normalized spacial score (nSPS) is 16.3. The van der Waals surface area contributed by atoms with Crippen LogP contribution in [0.1, 0.15) is 49.9 Å². The molecule has 2 N–H and O–H groups in total. The van der Waals surface area contributed by atoms with Crippen LogP contribution in [0, 0.1) is 0 Å². The first-order valence-electron chi connectivity index (χ1n) is 10.3. The van der Waals surface area contributed by atoms with Gasteiger partial charge in [0.1, 0.15) is 0 Å². The minimum Gasteiger partial charge on any atom is -0.321 e. The van der Waals surface area contributed by atoms with Gasteiger partial charge in [-0.05, 0) is 49.3 Å². The van der Waals surface area contributed by atoms with E-state index >= 15 is 0 Å². The number of aryl methyl sites for hydroxylation is 1. The molecule has 2 heterocycles. The fourth-order valence-corrected chi connectivity index (χ4v) is 3.92. The van der Waals surface area contributed by atoms with Crippen molar-refractivity contribution in [2.45, 2.75) is 45.1 Å². The summed E-state index contributed by atoms with van der Waals surface area (Å²) >= 11 is 0. The summed E-state index contributed by atoms with van der Waals surface area (Å²) < 4.78 is 2.10. The Hall–Kier alpha value is -2.98. The van der Waals surface area contributed by atoms with Gasteiger partial charge in [0, 0.05) is 23.5 Å². The van der Waals surface area contributed by atoms with Crippen LogP contribution >= 0.6 is 0 Å². The summed E-state index contributed by atoms with van der Waals surface area (Å²) in [7, 11) is 0. The zero-order valence-corrected chi connectivity index (χ0v) is 17.2. The summed E-state index contributed by atoms with van der Waals surface area (Å²) in [5, 5.41) is 0. The van der Waals surface area contributed by atoms with Gasteiger partial charge in [0.15, 0.2) is 0 Å². The van der Waals surface area contributed by atoms with E-state index in [0.29, 0.717) is 5.78 Å². The predicted molar refractivity (Wildman–Crippen MR) is 121 cm³/mol. The van der Waals surface area contributed by atoms with Crippen molar-refractivity contribution in [1.29, 1.82) is 0 Å². The number of nitrogens with two attached hydrogens (primary N) is 1. The van der Waals surface area contributed by atoms with Gasteiger partial charge in [-0.15, -0.1) is 0 Å². The zero-order chi connectivity index (χ0) is 20.4. The molecule has 0 radical (unpaired) electrons. The molecule has 2 aromatic heterocycles. The van der Waals surface area contributed by atoms with E-state index in [9.17, 15) is 0 Å². The van der Waals surface area contributed by atoms with E-state index < -0.39 is 0 Å². The molecule has 1 aromatic carbocycles. The highest BCUT2D eigenvalue weighted by molar-refractivity contribution is 5.84. The molecule has 1 aliphatic carbocycles. The summed E-state index contributed by atoms with van der Waals surface area (Å²) in [5.74, 6) is 0.705. The van der Waals surface area contributed by atoms with Crippen molar-refractivity contribution >= 4 is 11.4 Å². The van der Waals surface area contributed by atoms with Crippen molar-refractivity contribution < 1.29 is 0 Å². The molecule has 4 rings (SSSR count). The Labute approximate surface area is 172 Å². The molecule has 0 spiro atoms. The van der Waals surface area contributed by atoms with Crippen LogP contribution in [0.25, 0.3) is 22.6 Å². The Bertz CT molecular complexity index is 1100. The van der Waals surface area contributed by atoms with Gasteiger partial charge in [-0.1, -0.05) is 62.1 Å². The smallest absolute Gasteiger partial charge is 0.234 e. The van der Waals surface area contributed by atoms with Crippen molar-refractivity contribution in [3.8, 4) is 11.3 Å². The Morgan fingerprint density at radius 3 is 2.62 bits per heavy atom. The lowest BCUT2D eigenvalue weighted by Crippen LogP contribution is -2.43. The van der Waals surface area contributed by atoms with Gasteiger partial charge < -0.3 is 5.73 Å². The summed E-state index contributed by atoms with van der Waals surface area (Å²) in [6.45, 7) is 7.98. The number of benzene rings is 1. The SMILES string of the molecule is C=C/C=C\C(=C/C)c1c(-c2ccc(C3(N)CCC3)cc2)nc2ncc(CC)cn12. The van der Waals surface area contributed by atoms with Crippen LogP contribution < -0.4 is 5.73 Å². The number of imidazole rings is 1. The third-order valence-electron chi connectivity index (χ3n) is 5.92. The largest absolute Gasteiger partial charge is 0.321 e. The Morgan fingerprint density at radius 1 is 1.28 bits per heavy atom. The number of nitrogens with zero attached hydrogens (tertiary/aromatic N) is 3. The van der Waals surface area contributed by atoms with Gasteiger partial charge in [0.25, 0.3) is 0 Å². The fraction of sp³-hybridized carbons (Fsp3) is 0.280. The average Bonchev–Trinajstić information content (AvgIpc) is 3.11. The van der Waals surface area contributed by atoms with E-state index in [0.717, 1.165) is 41.8 Å². The van der Waals surface area contributed by atoms with E-state index in [4.69, 9.17) is 10.7 Å². The lowest BCUT2D eigenvalue weighted by atomic mass is 9.72. The molecule has 0 unspecified atom stereocenters. The van der Waals surface area contributed by atoms with Gasteiger partial charge in [-0.25, -0.2) is 9.97 Å². The maximum Gasteiger partial charge on any atom is 0.234 e.